The molecule has 0 atom stereocenters. The smallest absolute Gasteiger partial charge is 0.350 e. The number of rotatable bonds is 3. The van der Waals surface area contributed by atoms with Crippen LogP contribution in [-0.2, 0) is 16.3 Å². The molecule has 0 saturated heterocycles. The zero-order valence-electron chi connectivity index (χ0n) is 6.24. The van der Waals surface area contributed by atoms with E-state index in [4.69, 9.17) is 16.3 Å². The Hall–Kier alpha value is -1.29. The summed E-state index contributed by atoms with van der Waals surface area (Å²) in [6, 6.07) is 0. The molecule has 0 aliphatic carbocycles. The van der Waals surface area contributed by atoms with Crippen molar-refractivity contribution in [1.29, 1.82) is 0 Å². The minimum absolute atomic E-state index is 0.102. The SMILES string of the molecule is C=C(Cl)C(=O)OCn1ccnc1. The van der Waals surface area contributed by atoms with Gasteiger partial charge in [-0.05, 0) is 0 Å². The van der Waals surface area contributed by atoms with Crippen molar-refractivity contribution in [1.82, 2.24) is 9.55 Å². The molecule has 0 spiro atoms. The van der Waals surface area contributed by atoms with Gasteiger partial charge in [0.15, 0.2) is 6.73 Å². The molecule has 1 heterocycles. The number of aromatic nitrogens is 2. The maximum Gasteiger partial charge on any atom is 0.350 e. The zero-order chi connectivity index (χ0) is 8.97. The third kappa shape index (κ3) is 2.39. The molecule has 0 radical (unpaired) electrons. The molecule has 1 aromatic rings. The molecule has 5 heteroatoms. The van der Waals surface area contributed by atoms with Gasteiger partial charge in [0.05, 0.1) is 6.33 Å². The summed E-state index contributed by atoms with van der Waals surface area (Å²) in [5.74, 6) is -0.620. The van der Waals surface area contributed by atoms with Crippen LogP contribution in [-0.4, -0.2) is 15.5 Å². The fourth-order valence-electron chi connectivity index (χ4n) is 0.575. The Bertz CT molecular complexity index is 282. The molecule has 1 rings (SSSR count). The van der Waals surface area contributed by atoms with Crippen LogP contribution in [0.15, 0.2) is 30.3 Å². The molecule has 0 saturated carbocycles. The minimum atomic E-state index is -0.620. The van der Waals surface area contributed by atoms with Gasteiger partial charge in [0.25, 0.3) is 0 Å². The fourth-order valence-corrected chi connectivity index (χ4v) is 0.629. The minimum Gasteiger partial charge on any atom is -0.440 e. The average molecular weight is 187 g/mol. The van der Waals surface area contributed by atoms with E-state index >= 15 is 0 Å². The first-order valence-corrected chi connectivity index (χ1v) is 3.55. The van der Waals surface area contributed by atoms with Crippen molar-refractivity contribution in [2.24, 2.45) is 0 Å². The lowest BCUT2D eigenvalue weighted by Crippen LogP contribution is -2.07. The van der Waals surface area contributed by atoms with Crippen LogP contribution in [0, 0.1) is 0 Å². The summed E-state index contributed by atoms with van der Waals surface area (Å²) >= 11 is 5.27. The zero-order valence-corrected chi connectivity index (χ0v) is 6.99. The third-order valence-electron chi connectivity index (χ3n) is 1.13. The first kappa shape index (κ1) is 8.80. The Labute approximate surface area is 74.4 Å². The second kappa shape index (κ2) is 3.92. The van der Waals surface area contributed by atoms with Gasteiger partial charge in [0.2, 0.25) is 0 Å². The molecule has 0 N–H and O–H groups in total. The van der Waals surface area contributed by atoms with Crippen LogP contribution in [0.1, 0.15) is 0 Å². The molecule has 0 bridgehead atoms. The van der Waals surface area contributed by atoms with Gasteiger partial charge in [-0.25, -0.2) is 9.78 Å². The fraction of sp³-hybridized carbons (Fsp3) is 0.143. The molecule has 0 aliphatic rings. The van der Waals surface area contributed by atoms with Gasteiger partial charge in [0, 0.05) is 12.4 Å². The van der Waals surface area contributed by atoms with Crippen LogP contribution >= 0.6 is 11.6 Å². The van der Waals surface area contributed by atoms with Crippen LogP contribution in [0.3, 0.4) is 0 Å². The first-order chi connectivity index (χ1) is 5.70. The van der Waals surface area contributed by atoms with E-state index in [2.05, 4.69) is 11.6 Å². The highest BCUT2D eigenvalue weighted by atomic mass is 35.5. The Morgan fingerprint density at radius 1 is 1.75 bits per heavy atom. The molecule has 0 amide bonds. The Kier molecular flexibility index (Phi) is 2.88. The Morgan fingerprint density at radius 2 is 2.50 bits per heavy atom. The van der Waals surface area contributed by atoms with Crippen molar-refractivity contribution >= 4 is 17.6 Å². The van der Waals surface area contributed by atoms with Gasteiger partial charge >= 0.3 is 5.97 Å². The Morgan fingerprint density at radius 3 is 3.00 bits per heavy atom. The quantitative estimate of drug-likeness (QED) is 0.525. The van der Waals surface area contributed by atoms with E-state index in [0.717, 1.165) is 0 Å². The number of ether oxygens (including phenoxy) is 1. The summed E-state index contributed by atoms with van der Waals surface area (Å²) in [5.41, 5.74) is 0. The number of hydrogen-bond acceptors (Lipinski definition) is 3. The topological polar surface area (TPSA) is 44.1 Å². The predicted octanol–water partition coefficient (Wildman–Crippen LogP) is 1.14. The summed E-state index contributed by atoms with van der Waals surface area (Å²) in [7, 11) is 0. The average Bonchev–Trinajstić information content (AvgIpc) is 2.51. The van der Waals surface area contributed by atoms with Crippen molar-refractivity contribution in [3.8, 4) is 0 Å². The summed E-state index contributed by atoms with van der Waals surface area (Å²) < 4.78 is 6.30. The summed E-state index contributed by atoms with van der Waals surface area (Å²) in [6.45, 7) is 3.32. The second-order valence-electron chi connectivity index (χ2n) is 2.04. The molecular weight excluding hydrogens is 180 g/mol. The largest absolute Gasteiger partial charge is 0.440 e. The lowest BCUT2D eigenvalue weighted by atomic mass is 10.6. The first-order valence-electron chi connectivity index (χ1n) is 3.17. The lowest BCUT2D eigenvalue weighted by Gasteiger charge is -2.02. The van der Waals surface area contributed by atoms with Crippen molar-refractivity contribution in [2.75, 3.05) is 0 Å². The molecule has 64 valence electrons. The Balaban J connectivity index is 2.37. The maximum absolute atomic E-state index is 10.8. The van der Waals surface area contributed by atoms with E-state index in [1.54, 1.807) is 17.0 Å². The highest BCUT2D eigenvalue weighted by Gasteiger charge is 2.03. The summed E-state index contributed by atoms with van der Waals surface area (Å²) in [6.07, 6.45) is 4.79. The second-order valence-corrected chi connectivity index (χ2v) is 2.50. The van der Waals surface area contributed by atoms with E-state index in [9.17, 15) is 4.79 Å². The standard InChI is InChI=1S/C7H7ClN2O2/c1-6(8)7(11)12-5-10-3-2-9-4-10/h2-4H,1,5H2. The molecule has 0 aromatic carbocycles. The van der Waals surface area contributed by atoms with E-state index in [-0.39, 0.29) is 11.8 Å². The van der Waals surface area contributed by atoms with Crippen LogP contribution < -0.4 is 0 Å². The van der Waals surface area contributed by atoms with Crippen LogP contribution in [0.25, 0.3) is 0 Å². The van der Waals surface area contributed by atoms with Crippen molar-refractivity contribution in [2.45, 2.75) is 6.73 Å². The number of halogens is 1. The van der Waals surface area contributed by atoms with E-state index in [1.807, 2.05) is 0 Å². The molecule has 0 aliphatic heterocycles. The molecule has 1 aromatic heterocycles. The van der Waals surface area contributed by atoms with Crippen LogP contribution in [0.4, 0.5) is 0 Å². The van der Waals surface area contributed by atoms with Gasteiger partial charge in [-0.15, -0.1) is 0 Å². The number of imidazole rings is 1. The number of carbonyl (C=O) groups is 1. The lowest BCUT2D eigenvalue weighted by molar-refractivity contribution is -0.141. The van der Waals surface area contributed by atoms with Gasteiger partial charge < -0.3 is 9.30 Å². The van der Waals surface area contributed by atoms with Gasteiger partial charge in [0.1, 0.15) is 5.03 Å². The highest BCUT2D eigenvalue weighted by molar-refractivity contribution is 6.40. The number of carbonyl (C=O) groups excluding carboxylic acids is 1. The summed E-state index contributed by atoms with van der Waals surface area (Å²) in [5, 5.41) is -0.130. The van der Waals surface area contributed by atoms with Gasteiger partial charge in [-0.3, -0.25) is 0 Å². The third-order valence-corrected chi connectivity index (χ3v) is 1.28. The molecule has 0 unspecified atom stereocenters. The van der Waals surface area contributed by atoms with Crippen molar-refractivity contribution in [3.05, 3.63) is 30.3 Å². The predicted molar refractivity (Wildman–Crippen MR) is 43.3 cm³/mol. The van der Waals surface area contributed by atoms with Crippen molar-refractivity contribution < 1.29 is 9.53 Å². The van der Waals surface area contributed by atoms with Gasteiger partial charge in [-0.1, -0.05) is 18.2 Å². The van der Waals surface area contributed by atoms with Gasteiger partial charge in [-0.2, -0.15) is 0 Å². The molecule has 4 nitrogen and oxygen atoms in total. The number of nitrogens with zero attached hydrogens (tertiary/aromatic N) is 2. The summed E-state index contributed by atoms with van der Waals surface area (Å²) in [4.78, 5) is 14.5. The monoisotopic (exact) mass is 186 g/mol. The van der Waals surface area contributed by atoms with Crippen LogP contribution in [0.2, 0.25) is 0 Å². The van der Waals surface area contributed by atoms with E-state index in [1.165, 1.54) is 6.33 Å². The van der Waals surface area contributed by atoms with E-state index < -0.39 is 5.97 Å². The molecular formula is C7H7ClN2O2. The van der Waals surface area contributed by atoms with E-state index in [0.29, 0.717) is 0 Å². The van der Waals surface area contributed by atoms with Crippen molar-refractivity contribution in [3.63, 3.8) is 0 Å². The number of hydrogen-bond donors (Lipinski definition) is 0. The maximum atomic E-state index is 10.8. The molecule has 12 heavy (non-hydrogen) atoms. The highest BCUT2D eigenvalue weighted by Crippen LogP contribution is 2.00. The normalized spacial score (nSPS) is 9.42. The number of esters is 1. The molecule has 0 fully saturated rings. The van der Waals surface area contributed by atoms with Crippen LogP contribution in [0.5, 0.6) is 0 Å².